The molecule has 1 aromatic carbocycles. The van der Waals surface area contributed by atoms with Crippen LogP contribution in [0.15, 0.2) is 41.8 Å². The highest BCUT2D eigenvalue weighted by atomic mass is 32.1. The number of rotatable bonds is 6. The lowest BCUT2D eigenvalue weighted by Gasteiger charge is -2.36. The molecule has 2 N–H and O–H groups in total. The van der Waals surface area contributed by atoms with Crippen LogP contribution in [0.1, 0.15) is 61.7 Å². The molecule has 2 aliphatic heterocycles. The first-order chi connectivity index (χ1) is 15.1. The summed E-state index contributed by atoms with van der Waals surface area (Å²) >= 11 is 1.71. The maximum Gasteiger partial charge on any atom is 0.223 e. The monoisotopic (exact) mass is 436 g/mol. The number of hydrogen-bond acceptors (Lipinski definition) is 4. The summed E-state index contributed by atoms with van der Waals surface area (Å²) in [7, 11) is 0. The van der Waals surface area contributed by atoms with Crippen LogP contribution >= 0.6 is 11.3 Å². The molecule has 7 heteroatoms. The zero-order chi connectivity index (χ0) is 21.3. The first-order valence-corrected chi connectivity index (χ1v) is 12.1. The minimum absolute atomic E-state index is 0.0000603. The molecule has 0 aliphatic carbocycles. The fourth-order valence-corrected chi connectivity index (χ4v) is 5.91. The number of carbonyl (C=O) groups is 2. The summed E-state index contributed by atoms with van der Waals surface area (Å²) in [6, 6.07) is 12.2. The number of aromatic nitrogens is 2. The number of piperidine rings is 1. The van der Waals surface area contributed by atoms with Gasteiger partial charge in [0.1, 0.15) is 5.82 Å². The molecule has 4 heterocycles. The lowest BCUT2D eigenvalue weighted by molar-refractivity contribution is -0.136. The van der Waals surface area contributed by atoms with Gasteiger partial charge in [-0.25, -0.2) is 4.98 Å². The van der Waals surface area contributed by atoms with Crippen LogP contribution in [-0.2, 0) is 16.0 Å². The van der Waals surface area contributed by atoms with E-state index in [4.69, 9.17) is 4.98 Å². The zero-order valence-electron chi connectivity index (χ0n) is 17.6. The Kier molecular flexibility index (Phi) is 5.52. The second-order valence-electron chi connectivity index (χ2n) is 8.82. The van der Waals surface area contributed by atoms with Gasteiger partial charge in [-0.1, -0.05) is 18.2 Å². The maximum atomic E-state index is 13.4. The van der Waals surface area contributed by atoms with Gasteiger partial charge in [0.05, 0.1) is 17.1 Å². The number of likely N-dealkylation sites (tertiary alicyclic amines) is 1. The minimum Gasteiger partial charge on any atom is -0.350 e. The molecule has 2 aliphatic rings. The number of para-hydroxylation sites is 2. The Bertz CT molecular complexity index is 1040. The van der Waals surface area contributed by atoms with E-state index in [0.717, 1.165) is 55.5 Å². The Morgan fingerprint density at radius 2 is 2.13 bits per heavy atom. The van der Waals surface area contributed by atoms with E-state index in [0.29, 0.717) is 19.3 Å². The lowest BCUT2D eigenvalue weighted by atomic mass is 9.87. The second kappa shape index (κ2) is 8.46. The van der Waals surface area contributed by atoms with E-state index in [-0.39, 0.29) is 23.4 Å². The lowest BCUT2D eigenvalue weighted by Crippen LogP contribution is -2.45. The average molecular weight is 437 g/mol. The molecule has 2 atom stereocenters. The number of carbonyl (C=O) groups excluding carboxylic acids is 2. The summed E-state index contributed by atoms with van der Waals surface area (Å²) in [6.45, 7) is 0.769. The molecule has 2 fully saturated rings. The van der Waals surface area contributed by atoms with Crippen molar-refractivity contribution in [3.05, 3.63) is 52.5 Å². The third-order valence-electron chi connectivity index (χ3n) is 6.69. The predicted octanol–water partition coefficient (Wildman–Crippen LogP) is 4.35. The van der Waals surface area contributed by atoms with E-state index in [2.05, 4.69) is 21.7 Å². The van der Waals surface area contributed by atoms with Crippen LogP contribution in [0.25, 0.3) is 11.0 Å². The van der Waals surface area contributed by atoms with Crippen LogP contribution in [0, 0.1) is 0 Å². The summed E-state index contributed by atoms with van der Waals surface area (Å²) in [4.78, 5) is 36.9. The summed E-state index contributed by atoms with van der Waals surface area (Å²) < 4.78 is 0. The van der Waals surface area contributed by atoms with Crippen molar-refractivity contribution < 1.29 is 9.59 Å². The number of thiophene rings is 1. The second-order valence-corrected chi connectivity index (χ2v) is 9.85. The van der Waals surface area contributed by atoms with Gasteiger partial charge in [-0.15, -0.1) is 11.3 Å². The molecule has 6 nitrogen and oxygen atoms in total. The van der Waals surface area contributed by atoms with Crippen molar-refractivity contribution in [1.29, 1.82) is 0 Å². The highest BCUT2D eigenvalue weighted by Gasteiger charge is 2.39. The predicted molar refractivity (Wildman–Crippen MR) is 122 cm³/mol. The van der Waals surface area contributed by atoms with Gasteiger partial charge in [-0.05, 0) is 55.7 Å². The van der Waals surface area contributed by atoms with Crippen LogP contribution in [0.5, 0.6) is 0 Å². The molecular weight excluding hydrogens is 408 g/mol. The number of benzene rings is 1. The van der Waals surface area contributed by atoms with Crippen LogP contribution in [0.2, 0.25) is 0 Å². The first kappa shape index (κ1) is 20.2. The van der Waals surface area contributed by atoms with Gasteiger partial charge in [0.15, 0.2) is 0 Å². The normalized spacial score (nSPS) is 23.9. The minimum atomic E-state index is -0.303. The summed E-state index contributed by atoms with van der Waals surface area (Å²) in [5.41, 5.74) is 1.65. The molecule has 0 saturated carbocycles. The smallest absolute Gasteiger partial charge is 0.223 e. The number of hydrogen-bond donors (Lipinski definition) is 2. The summed E-state index contributed by atoms with van der Waals surface area (Å²) in [5.74, 6) is 1.15. The van der Waals surface area contributed by atoms with E-state index in [1.54, 1.807) is 11.3 Å². The quantitative estimate of drug-likeness (QED) is 0.603. The Balaban J connectivity index is 1.31. The van der Waals surface area contributed by atoms with Crippen molar-refractivity contribution in [3.63, 3.8) is 0 Å². The van der Waals surface area contributed by atoms with E-state index in [1.807, 2.05) is 35.2 Å². The maximum absolute atomic E-state index is 13.4. The Morgan fingerprint density at radius 1 is 1.23 bits per heavy atom. The van der Waals surface area contributed by atoms with Crippen LogP contribution in [-0.4, -0.2) is 38.8 Å². The fraction of sp³-hybridized carbons (Fsp3) is 0.458. The highest BCUT2D eigenvalue weighted by molar-refractivity contribution is 7.09. The number of nitrogens with one attached hydrogen (secondary N) is 2. The van der Waals surface area contributed by atoms with Crippen molar-refractivity contribution in [2.45, 2.75) is 62.9 Å². The van der Waals surface area contributed by atoms with Crippen molar-refractivity contribution in [2.24, 2.45) is 0 Å². The molecular formula is C24H28N4O2S. The molecule has 31 heavy (non-hydrogen) atoms. The highest BCUT2D eigenvalue weighted by Crippen LogP contribution is 2.34. The van der Waals surface area contributed by atoms with E-state index in [9.17, 15) is 9.59 Å². The van der Waals surface area contributed by atoms with Gasteiger partial charge in [0.25, 0.3) is 0 Å². The van der Waals surface area contributed by atoms with Gasteiger partial charge in [0, 0.05) is 36.2 Å². The summed E-state index contributed by atoms with van der Waals surface area (Å²) in [6.07, 6.45) is 6.33. The number of fused-ring (bicyclic) bond motifs is 1. The molecule has 5 rings (SSSR count). The van der Waals surface area contributed by atoms with Crippen LogP contribution in [0.3, 0.4) is 0 Å². The number of imidazole rings is 1. The van der Waals surface area contributed by atoms with Gasteiger partial charge >= 0.3 is 0 Å². The molecule has 2 saturated heterocycles. The third-order valence-corrected chi connectivity index (χ3v) is 7.57. The van der Waals surface area contributed by atoms with E-state index in [1.165, 1.54) is 4.88 Å². The number of aromatic amines is 1. The van der Waals surface area contributed by atoms with Crippen molar-refractivity contribution in [2.75, 3.05) is 6.54 Å². The van der Waals surface area contributed by atoms with Crippen LogP contribution < -0.4 is 5.32 Å². The molecule has 162 valence electrons. The molecule has 0 radical (unpaired) electrons. The van der Waals surface area contributed by atoms with Crippen molar-refractivity contribution >= 4 is 34.2 Å². The molecule has 3 aromatic rings. The van der Waals surface area contributed by atoms with Gasteiger partial charge in [-0.3, -0.25) is 9.59 Å². The number of nitrogens with zero attached hydrogens (tertiary/aromatic N) is 2. The van der Waals surface area contributed by atoms with Crippen LogP contribution in [0.4, 0.5) is 0 Å². The topological polar surface area (TPSA) is 78.1 Å². The first-order valence-electron chi connectivity index (χ1n) is 11.2. The Morgan fingerprint density at radius 3 is 2.90 bits per heavy atom. The molecule has 0 unspecified atom stereocenters. The zero-order valence-corrected chi connectivity index (χ0v) is 18.4. The molecule has 2 aromatic heterocycles. The average Bonchev–Trinajstić information content (AvgIpc) is 3.53. The third kappa shape index (κ3) is 4.24. The Hall–Kier alpha value is -2.67. The summed E-state index contributed by atoms with van der Waals surface area (Å²) in [5, 5.41) is 5.27. The molecule has 0 spiro atoms. The van der Waals surface area contributed by atoms with Gasteiger partial charge in [-0.2, -0.15) is 0 Å². The fourth-order valence-electron chi connectivity index (χ4n) is 5.06. The van der Waals surface area contributed by atoms with Crippen molar-refractivity contribution in [1.82, 2.24) is 20.2 Å². The molecule has 2 amide bonds. The van der Waals surface area contributed by atoms with E-state index >= 15 is 0 Å². The van der Waals surface area contributed by atoms with Gasteiger partial charge in [0.2, 0.25) is 11.8 Å². The SMILES string of the molecule is O=C1CC[C@](CCC(=O)N2CCCC[C@@H]2c2nc3ccccc3[nH]2)(Cc2cccs2)N1. The molecule has 0 bridgehead atoms. The van der Waals surface area contributed by atoms with Crippen molar-refractivity contribution in [3.8, 4) is 0 Å². The number of amides is 2. The van der Waals surface area contributed by atoms with E-state index < -0.39 is 0 Å². The Labute approximate surface area is 186 Å². The largest absolute Gasteiger partial charge is 0.350 e. The standard InChI is InChI=1S/C24H28N4O2S/c29-21-10-12-24(27-21,16-17-6-5-15-31-17)13-11-22(30)28-14-4-3-9-20(28)23-25-18-7-1-2-8-19(18)26-23/h1-2,5-8,15,20H,3-4,9-14,16H2,(H,25,26)(H,27,29)/t20-,24+/m1/s1. The number of H-pyrrole nitrogens is 1. The van der Waals surface area contributed by atoms with Gasteiger partial charge < -0.3 is 15.2 Å².